The van der Waals surface area contributed by atoms with Gasteiger partial charge in [0.15, 0.2) is 0 Å². The second kappa shape index (κ2) is 6.24. The van der Waals surface area contributed by atoms with Crippen LogP contribution in [0.3, 0.4) is 0 Å². The molecule has 1 aromatic carbocycles. The van der Waals surface area contributed by atoms with Crippen LogP contribution in [-0.2, 0) is 0 Å². The van der Waals surface area contributed by atoms with Gasteiger partial charge in [-0.1, -0.05) is 24.1 Å². The van der Waals surface area contributed by atoms with E-state index in [1.165, 1.54) is 37.1 Å². The van der Waals surface area contributed by atoms with E-state index in [0.717, 1.165) is 12.5 Å². The first kappa shape index (κ1) is 13.4. The van der Waals surface area contributed by atoms with Crippen molar-refractivity contribution in [3.8, 4) is 0 Å². The number of aryl methyl sites for hydroxylation is 1. The number of hydrogen-bond donors (Lipinski definition) is 1. The highest BCUT2D eigenvalue weighted by Gasteiger charge is 2.27. The highest BCUT2D eigenvalue weighted by atomic mass is 15.1. The van der Waals surface area contributed by atoms with E-state index < -0.39 is 0 Å². The zero-order valence-electron chi connectivity index (χ0n) is 11.9. The van der Waals surface area contributed by atoms with Gasteiger partial charge in [0.05, 0.1) is 0 Å². The first-order chi connectivity index (χ1) is 8.74. The smallest absolute Gasteiger partial charge is 0.0366 e. The minimum Gasteiger partial charge on any atom is -0.371 e. The van der Waals surface area contributed by atoms with Crippen LogP contribution < -0.4 is 10.2 Å². The summed E-state index contributed by atoms with van der Waals surface area (Å²) in [5, 5.41) is 3.48. The number of nitrogens with one attached hydrogen (secondary N) is 1. The van der Waals surface area contributed by atoms with Gasteiger partial charge in [0.1, 0.15) is 0 Å². The van der Waals surface area contributed by atoms with Gasteiger partial charge in [-0.15, -0.1) is 0 Å². The molecule has 1 aliphatic rings. The predicted octanol–water partition coefficient (Wildman–Crippen LogP) is 3.21. The van der Waals surface area contributed by atoms with Crippen LogP contribution in [0.4, 0.5) is 5.69 Å². The third-order valence-electron chi connectivity index (χ3n) is 4.27. The van der Waals surface area contributed by atoms with Crippen molar-refractivity contribution in [2.75, 3.05) is 25.0 Å². The van der Waals surface area contributed by atoms with Gasteiger partial charge in [-0.3, -0.25) is 0 Å². The molecule has 1 N–H and O–H groups in total. The Bertz CT molecular complexity index is 358. The number of hydrogen-bond acceptors (Lipinski definition) is 2. The molecule has 0 heterocycles. The average molecular weight is 246 g/mol. The van der Waals surface area contributed by atoms with Crippen molar-refractivity contribution in [2.45, 2.75) is 39.2 Å². The van der Waals surface area contributed by atoms with Crippen LogP contribution in [0.5, 0.6) is 0 Å². The summed E-state index contributed by atoms with van der Waals surface area (Å²) in [6.45, 7) is 6.68. The Hall–Kier alpha value is -1.02. The summed E-state index contributed by atoms with van der Waals surface area (Å²) in [6, 6.07) is 9.64. The molecule has 0 radical (unpaired) electrons. The lowest BCUT2D eigenvalue weighted by molar-refractivity contribution is 0.424. The summed E-state index contributed by atoms with van der Waals surface area (Å²) >= 11 is 0. The molecule has 0 aliphatic heterocycles. The molecule has 1 aliphatic carbocycles. The lowest BCUT2D eigenvalue weighted by atomic mass is 10.0. The number of benzene rings is 1. The van der Waals surface area contributed by atoms with E-state index in [4.69, 9.17) is 0 Å². The zero-order valence-corrected chi connectivity index (χ0v) is 11.9. The molecule has 0 aromatic heterocycles. The first-order valence-corrected chi connectivity index (χ1v) is 7.23. The van der Waals surface area contributed by atoms with Crippen molar-refractivity contribution in [1.29, 1.82) is 0 Å². The summed E-state index contributed by atoms with van der Waals surface area (Å²) in [7, 11) is 2.10. The second-order valence-electron chi connectivity index (χ2n) is 5.46. The van der Waals surface area contributed by atoms with E-state index in [1.54, 1.807) is 0 Å². The molecule has 0 bridgehead atoms. The van der Waals surface area contributed by atoms with E-state index in [1.807, 2.05) is 0 Å². The molecule has 2 atom stereocenters. The minimum absolute atomic E-state index is 0.712. The van der Waals surface area contributed by atoms with Gasteiger partial charge in [0, 0.05) is 24.8 Å². The van der Waals surface area contributed by atoms with Gasteiger partial charge < -0.3 is 10.2 Å². The van der Waals surface area contributed by atoms with Gasteiger partial charge in [0.25, 0.3) is 0 Å². The summed E-state index contributed by atoms with van der Waals surface area (Å²) in [5.74, 6) is 0.802. The molecule has 1 fully saturated rings. The SMILES string of the molecule is CCN(CC1CCCC1NC)c1ccc(C)cc1. The lowest BCUT2D eigenvalue weighted by Gasteiger charge is -2.29. The number of rotatable bonds is 5. The molecule has 2 heteroatoms. The summed E-state index contributed by atoms with van der Waals surface area (Å²) in [4.78, 5) is 2.51. The van der Waals surface area contributed by atoms with E-state index in [-0.39, 0.29) is 0 Å². The molecule has 1 aromatic rings. The molecule has 0 amide bonds. The van der Waals surface area contributed by atoms with Crippen LogP contribution in [0.2, 0.25) is 0 Å². The standard InChI is InChI=1S/C16H26N2/c1-4-18(15-10-8-13(2)9-11-15)12-14-6-5-7-16(14)17-3/h8-11,14,16-17H,4-7,12H2,1-3H3. The van der Waals surface area contributed by atoms with E-state index in [0.29, 0.717) is 6.04 Å². The van der Waals surface area contributed by atoms with Crippen LogP contribution in [0.25, 0.3) is 0 Å². The van der Waals surface area contributed by atoms with E-state index >= 15 is 0 Å². The van der Waals surface area contributed by atoms with E-state index in [2.05, 4.69) is 55.4 Å². The van der Waals surface area contributed by atoms with Gasteiger partial charge >= 0.3 is 0 Å². The van der Waals surface area contributed by atoms with Crippen molar-refractivity contribution in [1.82, 2.24) is 5.32 Å². The molecule has 1 saturated carbocycles. The Morgan fingerprint density at radius 3 is 2.56 bits per heavy atom. The third kappa shape index (κ3) is 3.05. The van der Waals surface area contributed by atoms with Crippen molar-refractivity contribution in [3.05, 3.63) is 29.8 Å². The molecule has 2 nitrogen and oxygen atoms in total. The Balaban J connectivity index is 2.02. The number of nitrogens with zero attached hydrogens (tertiary/aromatic N) is 1. The van der Waals surface area contributed by atoms with Gasteiger partial charge in [0.2, 0.25) is 0 Å². The van der Waals surface area contributed by atoms with Crippen LogP contribution in [0, 0.1) is 12.8 Å². The van der Waals surface area contributed by atoms with Gasteiger partial charge in [-0.2, -0.15) is 0 Å². The lowest BCUT2D eigenvalue weighted by Crippen LogP contribution is -2.38. The molecule has 2 rings (SSSR count). The predicted molar refractivity (Wildman–Crippen MR) is 79.3 cm³/mol. The van der Waals surface area contributed by atoms with Crippen molar-refractivity contribution >= 4 is 5.69 Å². The van der Waals surface area contributed by atoms with Crippen LogP contribution in [0.1, 0.15) is 31.7 Å². The summed E-state index contributed by atoms with van der Waals surface area (Å²) < 4.78 is 0. The fourth-order valence-corrected chi connectivity index (χ4v) is 3.09. The Labute approximate surface area is 111 Å². The average Bonchev–Trinajstić information content (AvgIpc) is 2.84. The zero-order chi connectivity index (χ0) is 13.0. The Kier molecular flexibility index (Phi) is 4.65. The summed E-state index contributed by atoms with van der Waals surface area (Å²) in [6.07, 6.45) is 4.09. The molecule has 18 heavy (non-hydrogen) atoms. The minimum atomic E-state index is 0.712. The van der Waals surface area contributed by atoms with Gasteiger partial charge in [-0.05, 0) is 51.8 Å². The molecular formula is C16H26N2. The van der Waals surface area contributed by atoms with E-state index in [9.17, 15) is 0 Å². The maximum Gasteiger partial charge on any atom is 0.0366 e. The van der Waals surface area contributed by atoms with Crippen LogP contribution >= 0.6 is 0 Å². The monoisotopic (exact) mass is 246 g/mol. The summed E-state index contributed by atoms with van der Waals surface area (Å²) in [5.41, 5.74) is 2.70. The molecule has 100 valence electrons. The molecule has 2 unspecified atom stereocenters. The Morgan fingerprint density at radius 2 is 1.94 bits per heavy atom. The Morgan fingerprint density at radius 1 is 1.22 bits per heavy atom. The molecule has 0 spiro atoms. The van der Waals surface area contributed by atoms with Gasteiger partial charge in [-0.25, -0.2) is 0 Å². The maximum atomic E-state index is 3.48. The second-order valence-corrected chi connectivity index (χ2v) is 5.46. The highest BCUT2D eigenvalue weighted by Crippen LogP contribution is 2.28. The maximum absolute atomic E-state index is 3.48. The molecular weight excluding hydrogens is 220 g/mol. The van der Waals surface area contributed by atoms with Crippen molar-refractivity contribution in [2.24, 2.45) is 5.92 Å². The van der Waals surface area contributed by atoms with Crippen molar-refractivity contribution < 1.29 is 0 Å². The first-order valence-electron chi connectivity index (χ1n) is 7.23. The molecule has 0 saturated heterocycles. The third-order valence-corrected chi connectivity index (χ3v) is 4.27. The fraction of sp³-hybridized carbons (Fsp3) is 0.625. The fourth-order valence-electron chi connectivity index (χ4n) is 3.09. The highest BCUT2D eigenvalue weighted by molar-refractivity contribution is 5.47. The van der Waals surface area contributed by atoms with Crippen LogP contribution in [0.15, 0.2) is 24.3 Å². The topological polar surface area (TPSA) is 15.3 Å². The van der Waals surface area contributed by atoms with Crippen molar-refractivity contribution in [3.63, 3.8) is 0 Å². The van der Waals surface area contributed by atoms with Crippen LogP contribution in [-0.4, -0.2) is 26.2 Å². The number of anilines is 1. The largest absolute Gasteiger partial charge is 0.371 e. The normalized spacial score (nSPS) is 23.3. The quantitative estimate of drug-likeness (QED) is 0.858.